The van der Waals surface area contributed by atoms with E-state index < -0.39 is 60.4 Å². The van der Waals surface area contributed by atoms with Gasteiger partial charge in [0, 0.05) is 18.7 Å². The number of nitrogens with one attached hydrogen (secondary N) is 4. The van der Waals surface area contributed by atoms with Crippen LogP contribution in [0.5, 0.6) is 5.75 Å². The molecule has 0 bridgehead atoms. The lowest BCUT2D eigenvalue weighted by molar-refractivity contribution is -0.274. The SMILES string of the molecule is C[C@H](NC(=O)c1cccc(OC(F)(F)F)c1)C(=O)N1CCC[C@H]1C(=O)N[C@@H](CCCNC(=N)N)C(=O)CF. The molecule has 6 N–H and O–H groups in total. The fourth-order valence-corrected chi connectivity index (χ4v) is 3.93. The molecule has 0 aliphatic carbocycles. The zero-order valence-electron chi connectivity index (χ0n) is 20.6. The molecule has 0 spiro atoms. The molecular weight excluding hydrogens is 516 g/mol. The third kappa shape index (κ3) is 9.19. The zero-order valence-corrected chi connectivity index (χ0v) is 20.6. The molecular formula is C23H30F4N6O5. The quantitative estimate of drug-likeness (QED) is 0.113. The van der Waals surface area contributed by atoms with Crippen molar-refractivity contribution in [3.8, 4) is 5.75 Å². The van der Waals surface area contributed by atoms with Crippen molar-refractivity contribution in [2.24, 2.45) is 5.73 Å². The lowest BCUT2D eigenvalue weighted by atomic mass is 10.1. The minimum absolute atomic E-state index is 0.0824. The largest absolute Gasteiger partial charge is 0.573 e. The van der Waals surface area contributed by atoms with Crippen LogP contribution in [0.4, 0.5) is 17.6 Å². The van der Waals surface area contributed by atoms with Crippen LogP contribution in [0.25, 0.3) is 0 Å². The van der Waals surface area contributed by atoms with Gasteiger partial charge < -0.3 is 31.3 Å². The van der Waals surface area contributed by atoms with Gasteiger partial charge in [-0.25, -0.2) is 4.39 Å². The summed E-state index contributed by atoms with van der Waals surface area (Å²) in [6, 6.07) is 1.10. The highest BCUT2D eigenvalue weighted by Crippen LogP contribution is 2.24. The molecule has 0 aromatic heterocycles. The summed E-state index contributed by atoms with van der Waals surface area (Å²) in [4.78, 5) is 51.7. The lowest BCUT2D eigenvalue weighted by Gasteiger charge is -2.28. The Morgan fingerprint density at radius 2 is 1.95 bits per heavy atom. The van der Waals surface area contributed by atoms with E-state index in [9.17, 15) is 36.7 Å². The van der Waals surface area contributed by atoms with Crippen LogP contribution in [0.1, 0.15) is 43.0 Å². The van der Waals surface area contributed by atoms with Crippen molar-refractivity contribution < 1.29 is 41.5 Å². The first-order chi connectivity index (χ1) is 17.8. The maximum absolute atomic E-state index is 13.0. The number of Topliss-reactive ketones (excluding diaryl/α,β-unsaturated/α-hetero) is 1. The summed E-state index contributed by atoms with van der Waals surface area (Å²) >= 11 is 0. The minimum atomic E-state index is -4.94. The number of guanidine groups is 1. The van der Waals surface area contributed by atoms with Gasteiger partial charge >= 0.3 is 6.36 Å². The fourth-order valence-electron chi connectivity index (χ4n) is 3.93. The number of alkyl halides is 4. The summed E-state index contributed by atoms with van der Waals surface area (Å²) in [7, 11) is 0. The Morgan fingerprint density at radius 3 is 2.58 bits per heavy atom. The fraction of sp³-hybridized carbons (Fsp3) is 0.522. The van der Waals surface area contributed by atoms with E-state index in [0.29, 0.717) is 12.8 Å². The van der Waals surface area contributed by atoms with Gasteiger partial charge in [-0.1, -0.05) is 6.07 Å². The number of carbonyl (C=O) groups is 4. The van der Waals surface area contributed by atoms with E-state index >= 15 is 0 Å². The highest BCUT2D eigenvalue weighted by Gasteiger charge is 2.38. The number of carbonyl (C=O) groups excluding carboxylic acids is 4. The maximum atomic E-state index is 13.0. The molecule has 1 heterocycles. The van der Waals surface area contributed by atoms with E-state index in [2.05, 4.69) is 20.7 Å². The van der Waals surface area contributed by atoms with Crippen molar-refractivity contribution in [1.82, 2.24) is 20.9 Å². The molecule has 0 unspecified atom stereocenters. The molecule has 0 saturated carbocycles. The third-order valence-corrected chi connectivity index (χ3v) is 5.71. The van der Waals surface area contributed by atoms with Gasteiger partial charge in [0.15, 0.2) is 11.7 Å². The van der Waals surface area contributed by atoms with Gasteiger partial charge in [-0.15, -0.1) is 13.2 Å². The van der Waals surface area contributed by atoms with Gasteiger partial charge in [0.05, 0.1) is 6.04 Å². The molecule has 3 atom stereocenters. The number of ketones is 1. The first kappa shape index (κ1) is 30.3. The second-order valence-corrected chi connectivity index (χ2v) is 8.60. The normalized spacial score (nSPS) is 16.8. The van der Waals surface area contributed by atoms with Crippen LogP contribution < -0.4 is 26.4 Å². The summed E-state index contributed by atoms with van der Waals surface area (Å²) in [5, 5.41) is 14.5. The zero-order chi connectivity index (χ0) is 28.5. The molecule has 1 aliphatic rings. The summed E-state index contributed by atoms with van der Waals surface area (Å²) in [5.41, 5.74) is 5.01. The average molecular weight is 547 g/mol. The molecule has 1 aromatic rings. The molecule has 210 valence electrons. The monoisotopic (exact) mass is 546 g/mol. The highest BCUT2D eigenvalue weighted by molar-refractivity contribution is 5.99. The van der Waals surface area contributed by atoms with Crippen LogP contribution in [0, 0.1) is 5.41 Å². The Morgan fingerprint density at radius 1 is 1.24 bits per heavy atom. The van der Waals surface area contributed by atoms with Crippen LogP contribution in [0.2, 0.25) is 0 Å². The number of hydrogen-bond acceptors (Lipinski definition) is 6. The van der Waals surface area contributed by atoms with Crippen molar-refractivity contribution in [2.45, 2.75) is 57.1 Å². The molecule has 0 radical (unpaired) electrons. The molecule has 1 aliphatic heterocycles. The lowest BCUT2D eigenvalue weighted by Crippen LogP contribution is -2.54. The number of rotatable bonds is 12. The van der Waals surface area contributed by atoms with E-state index in [0.717, 1.165) is 12.1 Å². The Bertz CT molecular complexity index is 1040. The molecule has 1 saturated heterocycles. The first-order valence-electron chi connectivity index (χ1n) is 11.8. The van der Waals surface area contributed by atoms with Crippen LogP contribution in [-0.4, -0.2) is 78.6 Å². The standard InChI is InChI=1S/C23H30F4N6O5/c1-13(31-19(35)14-5-2-6-15(11-14)38-23(25,26)27)21(37)33-10-4-8-17(33)20(36)32-16(18(34)12-24)7-3-9-30-22(28)29/h2,5-6,11,13,16-17H,3-4,7-10,12H2,1H3,(H,31,35)(H,32,36)(H4,28,29,30)/t13-,16-,17-/m0/s1. The average Bonchev–Trinajstić information content (AvgIpc) is 3.33. The predicted molar refractivity (Wildman–Crippen MR) is 127 cm³/mol. The summed E-state index contributed by atoms with van der Waals surface area (Å²) in [5.74, 6) is -3.81. The van der Waals surface area contributed by atoms with Crippen LogP contribution in [0.15, 0.2) is 24.3 Å². The van der Waals surface area contributed by atoms with Gasteiger partial charge in [0.1, 0.15) is 24.5 Å². The number of hydrogen-bond donors (Lipinski definition) is 5. The van der Waals surface area contributed by atoms with Crippen molar-refractivity contribution in [3.05, 3.63) is 29.8 Å². The second kappa shape index (κ2) is 13.6. The number of nitrogens with zero attached hydrogens (tertiary/aromatic N) is 1. The Kier molecular flexibility index (Phi) is 10.8. The van der Waals surface area contributed by atoms with Crippen molar-refractivity contribution in [2.75, 3.05) is 19.8 Å². The molecule has 15 heteroatoms. The van der Waals surface area contributed by atoms with E-state index in [1.807, 2.05) is 0 Å². The highest BCUT2D eigenvalue weighted by atomic mass is 19.4. The summed E-state index contributed by atoms with van der Waals surface area (Å²) in [6.45, 7) is 0.492. The predicted octanol–water partition coefficient (Wildman–Crippen LogP) is 0.981. The van der Waals surface area contributed by atoms with Crippen LogP contribution in [-0.2, 0) is 14.4 Å². The van der Waals surface area contributed by atoms with Crippen molar-refractivity contribution >= 4 is 29.5 Å². The number of benzene rings is 1. The second-order valence-electron chi connectivity index (χ2n) is 8.60. The van der Waals surface area contributed by atoms with Crippen LogP contribution >= 0.6 is 0 Å². The topological polar surface area (TPSA) is 167 Å². The minimum Gasteiger partial charge on any atom is -0.406 e. The number of ether oxygens (including phenoxy) is 1. The number of halogens is 4. The van der Waals surface area contributed by atoms with E-state index in [4.69, 9.17) is 11.1 Å². The third-order valence-electron chi connectivity index (χ3n) is 5.71. The maximum Gasteiger partial charge on any atom is 0.573 e. The molecule has 38 heavy (non-hydrogen) atoms. The molecule has 2 rings (SSSR count). The first-order valence-corrected chi connectivity index (χ1v) is 11.8. The van der Waals surface area contributed by atoms with Gasteiger partial charge in [0.25, 0.3) is 5.91 Å². The van der Waals surface area contributed by atoms with E-state index in [1.165, 1.54) is 24.0 Å². The van der Waals surface area contributed by atoms with Crippen LogP contribution in [0.3, 0.4) is 0 Å². The molecule has 1 aromatic carbocycles. The van der Waals surface area contributed by atoms with Gasteiger partial charge in [-0.05, 0) is 50.8 Å². The summed E-state index contributed by atoms with van der Waals surface area (Å²) in [6.07, 6.45) is -3.81. The Labute approximate surface area is 215 Å². The summed E-state index contributed by atoms with van der Waals surface area (Å²) < 4.78 is 54.2. The Balaban J connectivity index is 2.01. The molecule has 11 nitrogen and oxygen atoms in total. The Hall–Kier alpha value is -3.91. The van der Waals surface area contributed by atoms with Gasteiger partial charge in [-0.3, -0.25) is 24.6 Å². The van der Waals surface area contributed by atoms with Crippen molar-refractivity contribution in [3.63, 3.8) is 0 Å². The van der Waals surface area contributed by atoms with E-state index in [1.54, 1.807) is 0 Å². The van der Waals surface area contributed by atoms with Gasteiger partial charge in [0.2, 0.25) is 11.8 Å². The number of likely N-dealkylation sites (tertiary alicyclic amines) is 1. The molecule has 3 amide bonds. The van der Waals surface area contributed by atoms with E-state index in [-0.39, 0.29) is 37.5 Å². The van der Waals surface area contributed by atoms with Gasteiger partial charge in [-0.2, -0.15) is 0 Å². The smallest absolute Gasteiger partial charge is 0.406 e. The van der Waals surface area contributed by atoms with Crippen molar-refractivity contribution in [1.29, 1.82) is 5.41 Å². The number of amides is 3. The molecule has 1 fully saturated rings. The number of nitrogens with two attached hydrogens (primary N) is 1.